The maximum atomic E-state index is 13.6. The molecule has 2 saturated heterocycles. The molecule has 276 valence electrons. The molecule has 10 heteroatoms. The number of aromatic nitrogens is 5. The molecule has 10 nitrogen and oxygen atoms in total. The van der Waals surface area contributed by atoms with Crippen LogP contribution in [0, 0.1) is 0 Å². The normalized spacial score (nSPS) is 18.2. The molecule has 3 aromatic heterocycles. The lowest BCUT2D eigenvalue weighted by Crippen LogP contribution is -2.34. The van der Waals surface area contributed by atoms with Crippen LogP contribution in [-0.4, -0.2) is 59.6 Å². The fourth-order valence-corrected chi connectivity index (χ4v) is 8.21. The van der Waals surface area contributed by atoms with Gasteiger partial charge in [-0.1, -0.05) is 72.8 Å². The van der Waals surface area contributed by atoms with E-state index in [-0.39, 0.29) is 35.7 Å². The van der Waals surface area contributed by atoms with Crippen LogP contribution in [0.15, 0.2) is 120 Å². The van der Waals surface area contributed by atoms with Crippen molar-refractivity contribution in [3.63, 3.8) is 0 Å². The lowest BCUT2D eigenvalue weighted by Gasteiger charge is -2.26. The van der Waals surface area contributed by atoms with Crippen molar-refractivity contribution in [2.45, 2.75) is 63.5 Å². The molecule has 5 heterocycles. The quantitative estimate of drug-likeness (QED) is 0.153. The van der Waals surface area contributed by atoms with E-state index in [1.165, 1.54) is 0 Å². The molecule has 2 N–H and O–H groups in total. The molecule has 2 aliphatic rings. The Kier molecular flexibility index (Phi) is 9.09. The molecule has 0 saturated carbocycles. The summed E-state index contributed by atoms with van der Waals surface area (Å²) in [7, 11) is 0. The highest BCUT2D eigenvalue weighted by Crippen LogP contribution is 2.37. The van der Waals surface area contributed by atoms with Gasteiger partial charge >= 0.3 is 0 Å². The first-order valence-electron chi connectivity index (χ1n) is 19.2. The Labute approximate surface area is 319 Å². The lowest BCUT2D eigenvalue weighted by atomic mass is 9.99. The third-order valence-electron chi connectivity index (χ3n) is 11.4. The van der Waals surface area contributed by atoms with E-state index in [0.29, 0.717) is 11.5 Å². The van der Waals surface area contributed by atoms with Gasteiger partial charge in [0.25, 0.3) is 0 Å². The van der Waals surface area contributed by atoms with Crippen LogP contribution >= 0.6 is 0 Å². The molecular formula is C45H43N7O3. The van der Waals surface area contributed by atoms with E-state index in [0.717, 1.165) is 95.1 Å². The number of oxazole rings is 1. The summed E-state index contributed by atoms with van der Waals surface area (Å²) in [4.78, 5) is 52.4. The topological polar surface area (TPSA) is 124 Å². The SMILES string of the molecule is CC(C(=O)N1CCC[C@H]1c1ncc(-c2ccc3oc(-c4ccc(-c5cnc([C@@H]6CCCN6C(=O)[C@H](C)c6ccccc6)[nH]5)cc4)nc3c2)[nH]1)c1ccccc1. The monoisotopic (exact) mass is 729 g/mol. The van der Waals surface area contributed by atoms with Crippen molar-refractivity contribution in [3.8, 4) is 34.0 Å². The van der Waals surface area contributed by atoms with Gasteiger partial charge in [0.15, 0.2) is 5.58 Å². The van der Waals surface area contributed by atoms with Gasteiger partial charge in [-0.25, -0.2) is 15.0 Å². The minimum Gasteiger partial charge on any atom is -0.436 e. The van der Waals surface area contributed by atoms with Gasteiger partial charge in [-0.15, -0.1) is 0 Å². The Morgan fingerprint density at radius 1 is 0.655 bits per heavy atom. The predicted octanol–water partition coefficient (Wildman–Crippen LogP) is 9.21. The zero-order valence-corrected chi connectivity index (χ0v) is 31.0. The van der Waals surface area contributed by atoms with Crippen LogP contribution in [0.25, 0.3) is 45.1 Å². The van der Waals surface area contributed by atoms with Crippen molar-refractivity contribution in [3.05, 3.63) is 138 Å². The van der Waals surface area contributed by atoms with Crippen molar-refractivity contribution in [1.29, 1.82) is 0 Å². The molecule has 2 fully saturated rings. The predicted molar refractivity (Wildman–Crippen MR) is 212 cm³/mol. The molecule has 55 heavy (non-hydrogen) atoms. The standard InChI is InChI=1S/C45H43N7O3/c1-28(30-11-5-3-6-12-30)44(53)51-23-9-15-38(51)41-46-26-36(48-41)32-17-19-33(20-18-32)43-50-35-25-34(21-22-40(35)55-43)37-27-47-42(49-37)39-16-10-24-52(39)45(54)29(2)31-13-7-4-8-14-31/h3-8,11-14,17-22,25-29,38-39H,9-10,15-16,23-24H2,1-2H3,(H,46,48)(H,47,49)/t28-,29?,38+,39+/m1/s1. The number of rotatable bonds is 9. The van der Waals surface area contributed by atoms with E-state index in [4.69, 9.17) is 19.4 Å². The highest BCUT2D eigenvalue weighted by molar-refractivity contribution is 5.85. The molecule has 0 spiro atoms. The van der Waals surface area contributed by atoms with E-state index in [1.807, 2.05) is 139 Å². The number of hydrogen-bond donors (Lipinski definition) is 2. The van der Waals surface area contributed by atoms with Crippen molar-refractivity contribution in [1.82, 2.24) is 34.7 Å². The number of benzene rings is 4. The minimum absolute atomic E-state index is 0.0694. The van der Waals surface area contributed by atoms with Crippen LogP contribution < -0.4 is 0 Å². The molecule has 0 radical (unpaired) electrons. The van der Waals surface area contributed by atoms with Gasteiger partial charge in [0, 0.05) is 24.2 Å². The molecule has 2 amide bonds. The van der Waals surface area contributed by atoms with E-state index < -0.39 is 0 Å². The van der Waals surface area contributed by atoms with Crippen LogP contribution in [-0.2, 0) is 9.59 Å². The van der Waals surface area contributed by atoms with Crippen LogP contribution in [0.3, 0.4) is 0 Å². The fourth-order valence-electron chi connectivity index (χ4n) is 8.21. The maximum Gasteiger partial charge on any atom is 0.230 e. The molecule has 2 aliphatic heterocycles. The number of hydrogen-bond acceptors (Lipinski definition) is 6. The second kappa shape index (κ2) is 14.5. The molecule has 4 aromatic carbocycles. The Hall–Kier alpha value is -6.29. The Balaban J connectivity index is 0.882. The zero-order chi connectivity index (χ0) is 37.5. The van der Waals surface area contributed by atoms with Gasteiger partial charge in [0.05, 0.1) is 47.7 Å². The average Bonchev–Trinajstić information content (AvgIpc) is 4.09. The summed E-state index contributed by atoms with van der Waals surface area (Å²) >= 11 is 0. The molecule has 4 atom stereocenters. The van der Waals surface area contributed by atoms with Gasteiger partial charge in [0.2, 0.25) is 17.7 Å². The minimum atomic E-state index is -0.213. The summed E-state index contributed by atoms with van der Waals surface area (Å²) in [6.07, 6.45) is 7.35. The summed E-state index contributed by atoms with van der Waals surface area (Å²) in [6.45, 7) is 5.42. The molecule has 0 bridgehead atoms. The first kappa shape index (κ1) is 34.5. The summed E-state index contributed by atoms with van der Waals surface area (Å²) in [5, 5.41) is 0. The smallest absolute Gasteiger partial charge is 0.230 e. The molecular weight excluding hydrogens is 687 g/mol. The van der Waals surface area contributed by atoms with Crippen molar-refractivity contribution in [2.75, 3.05) is 13.1 Å². The van der Waals surface area contributed by atoms with Crippen LogP contribution in [0.2, 0.25) is 0 Å². The second-order valence-electron chi connectivity index (χ2n) is 14.8. The third kappa shape index (κ3) is 6.62. The van der Waals surface area contributed by atoms with Crippen LogP contribution in [0.4, 0.5) is 0 Å². The lowest BCUT2D eigenvalue weighted by molar-refractivity contribution is -0.134. The number of carbonyl (C=O) groups is 2. The van der Waals surface area contributed by atoms with Crippen LogP contribution in [0.5, 0.6) is 0 Å². The molecule has 0 aliphatic carbocycles. The second-order valence-corrected chi connectivity index (χ2v) is 14.8. The number of carbonyl (C=O) groups excluding carboxylic acids is 2. The Bertz CT molecular complexity index is 2450. The number of nitrogens with zero attached hydrogens (tertiary/aromatic N) is 5. The van der Waals surface area contributed by atoms with Gasteiger partial charge in [0.1, 0.15) is 17.2 Å². The largest absolute Gasteiger partial charge is 0.436 e. The van der Waals surface area contributed by atoms with Crippen molar-refractivity contribution in [2.24, 2.45) is 0 Å². The van der Waals surface area contributed by atoms with E-state index >= 15 is 0 Å². The van der Waals surface area contributed by atoms with Crippen LogP contribution in [0.1, 0.15) is 86.2 Å². The molecule has 1 unspecified atom stereocenters. The number of fused-ring (bicyclic) bond motifs is 1. The number of imidazole rings is 2. The van der Waals surface area contributed by atoms with Gasteiger partial charge in [-0.2, -0.15) is 0 Å². The number of likely N-dealkylation sites (tertiary alicyclic amines) is 2. The number of H-pyrrole nitrogens is 2. The summed E-state index contributed by atoms with van der Waals surface area (Å²) < 4.78 is 6.19. The van der Waals surface area contributed by atoms with E-state index in [2.05, 4.69) is 9.97 Å². The zero-order valence-electron chi connectivity index (χ0n) is 31.0. The first-order chi connectivity index (χ1) is 26.9. The van der Waals surface area contributed by atoms with Crippen molar-refractivity contribution >= 4 is 22.9 Å². The molecule has 7 aromatic rings. The number of nitrogens with one attached hydrogen (secondary N) is 2. The number of amides is 2. The first-order valence-corrected chi connectivity index (χ1v) is 19.2. The average molecular weight is 730 g/mol. The maximum absolute atomic E-state index is 13.6. The third-order valence-corrected chi connectivity index (χ3v) is 11.4. The Morgan fingerprint density at radius 3 is 1.69 bits per heavy atom. The van der Waals surface area contributed by atoms with E-state index in [9.17, 15) is 9.59 Å². The highest BCUT2D eigenvalue weighted by Gasteiger charge is 2.36. The highest BCUT2D eigenvalue weighted by atomic mass is 16.3. The van der Waals surface area contributed by atoms with Gasteiger partial charge < -0.3 is 24.2 Å². The Morgan fingerprint density at radius 2 is 1.15 bits per heavy atom. The van der Waals surface area contributed by atoms with Gasteiger partial charge in [-0.05, 0) is 86.6 Å². The van der Waals surface area contributed by atoms with E-state index in [1.54, 1.807) is 0 Å². The van der Waals surface area contributed by atoms with Gasteiger partial charge in [-0.3, -0.25) is 9.59 Å². The fraction of sp³-hybridized carbons (Fsp3) is 0.267. The summed E-state index contributed by atoms with van der Waals surface area (Å²) in [5.74, 6) is 2.00. The summed E-state index contributed by atoms with van der Waals surface area (Å²) in [6, 6.07) is 33.8. The van der Waals surface area contributed by atoms with Crippen molar-refractivity contribution < 1.29 is 14.0 Å². The number of aromatic amines is 2. The molecule has 9 rings (SSSR count). The summed E-state index contributed by atoms with van der Waals surface area (Å²) in [5.41, 5.74) is 8.06.